The second-order valence-corrected chi connectivity index (χ2v) is 5.99. The molecule has 4 unspecified atom stereocenters. The van der Waals surface area contributed by atoms with Crippen LogP contribution in [0.2, 0.25) is 0 Å². The minimum absolute atomic E-state index is 0.282. The molecule has 1 N–H and O–H groups in total. The molecule has 1 aromatic heterocycles. The molecule has 2 aromatic rings. The Morgan fingerprint density at radius 1 is 1.39 bits per heavy atom. The van der Waals surface area contributed by atoms with Crippen molar-refractivity contribution in [3.05, 3.63) is 36.0 Å². The van der Waals surface area contributed by atoms with Crippen LogP contribution in [0.3, 0.4) is 0 Å². The van der Waals surface area contributed by atoms with Crippen molar-refractivity contribution in [2.45, 2.75) is 12.5 Å². The van der Waals surface area contributed by atoms with Gasteiger partial charge in [0.05, 0.1) is 9.47 Å². The number of hydrogen-bond acceptors (Lipinski definition) is 3. The molecule has 1 heterocycles. The zero-order valence-corrected chi connectivity index (χ0v) is 13.1. The van der Waals surface area contributed by atoms with E-state index in [4.69, 9.17) is 4.52 Å². The maximum absolute atomic E-state index is 11.7. The highest BCUT2D eigenvalue weighted by atomic mass is 31.1. The molecular weight excluding hydrogens is 285 g/mol. The lowest BCUT2D eigenvalue weighted by Gasteiger charge is -2.20. The maximum Gasteiger partial charge on any atom is 0.326 e. The van der Waals surface area contributed by atoms with Crippen LogP contribution >= 0.6 is 28.2 Å². The van der Waals surface area contributed by atoms with Crippen molar-refractivity contribution in [2.75, 3.05) is 0 Å². The molecule has 0 bridgehead atoms. The molecule has 0 amide bonds. The van der Waals surface area contributed by atoms with E-state index in [1.165, 1.54) is 0 Å². The smallest absolute Gasteiger partial charge is 0.326 e. The van der Waals surface area contributed by atoms with Gasteiger partial charge in [0.25, 0.3) is 0 Å². The lowest BCUT2D eigenvalue weighted by Crippen LogP contribution is -2.31. The monoisotopic (exact) mass is 300 g/mol. The first-order valence-corrected chi connectivity index (χ1v) is 6.88. The Morgan fingerprint density at radius 2 is 2.11 bits per heavy atom. The van der Waals surface area contributed by atoms with Crippen LogP contribution in [0.25, 0.3) is 10.9 Å². The van der Waals surface area contributed by atoms with E-state index in [0.29, 0.717) is 6.42 Å². The number of carbonyl (C=O) groups is 1. The van der Waals surface area contributed by atoms with Crippen molar-refractivity contribution in [2.24, 2.45) is 0 Å². The quantitative estimate of drug-likeness (QED) is 0.881. The third kappa shape index (κ3) is 2.90. The molecule has 4 nitrogen and oxygen atoms in total. The molecule has 0 saturated heterocycles. The van der Waals surface area contributed by atoms with Gasteiger partial charge in [-0.25, -0.2) is 0 Å². The van der Waals surface area contributed by atoms with Crippen molar-refractivity contribution in [1.29, 1.82) is 0 Å². The molecule has 0 aliphatic carbocycles. The molecule has 0 aliphatic rings. The van der Waals surface area contributed by atoms with Gasteiger partial charge in [0.15, 0.2) is 0 Å². The molecule has 18 heavy (non-hydrogen) atoms. The van der Waals surface area contributed by atoms with Gasteiger partial charge in [-0.2, -0.15) is 0 Å². The minimum Gasteiger partial charge on any atom is -0.450 e. The maximum atomic E-state index is 11.7. The third-order valence-electron chi connectivity index (χ3n) is 2.84. The van der Waals surface area contributed by atoms with E-state index >= 15 is 0 Å². The molecule has 0 radical (unpaired) electrons. The number of hydrogen-bond donors (Lipinski definition) is 1. The first kappa shape index (κ1) is 13.9. The summed E-state index contributed by atoms with van der Waals surface area (Å²) in [5, 5.41) is 1.14. The summed E-state index contributed by atoms with van der Waals surface area (Å²) in [5.41, 5.74) is 2.17. The van der Waals surface area contributed by atoms with Gasteiger partial charge < -0.3 is 9.51 Å². The minimum atomic E-state index is -0.350. The van der Waals surface area contributed by atoms with E-state index in [9.17, 15) is 4.79 Å². The van der Waals surface area contributed by atoms with Crippen molar-refractivity contribution in [3.63, 3.8) is 0 Å². The van der Waals surface area contributed by atoms with E-state index in [-0.39, 0.29) is 12.0 Å². The number of aromatic nitrogens is 1. The standard InChI is InChI=1S/C11H15N2O2P3/c14-11(15-18)10(13(16)17)5-7-6-12-9-4-2-1-3-8(7)9/h1-4,6,10,12H,5,16-18H2. The fraction of sp³-hybridized carbons (Fsp3) is 0.182. The molecule has 1 aromatic carbocycles. The number of H-pyrrole nitrogens is 1. The van der Waals surface area contributed by atoms with Crippen LogP contribution < -0.4 is 0 Å². The SMILES string of the molecule is O=C(OP)C(Cc1c[nH]c2ccccc12)N(P)P. The summed E-state index contributed by atoms with van der Waals surface area (Å²) < 4.78 is 6.44. The fourth-order valence-corrected chi connectivity index (χ4v) is 2.51. The summed E-state index contributed by atoms with van der Waals surface area (Å²) >= 11 is 0. The highest BCUT2D eigenvalue weighted by molar-refractivity contribution is 7.31. The Morgan fingerprint density at radius 3 is 2.78 bits per heavy atom. The van der Waals surface area contributed by atoms with Crippen LogP contribution in [0, 0.1) is 0 Å². The predicted molar refractivity (Wildman–Crippen MR) is 82.9 cm³/mol. The molecule has 96 valence electrons. The van der Waals surface area contributed by atoms with Crippen molar-refractivity contribution < 1.29 is 9.32 Å². The second-order valence-electron chi connectivity index (χ2n) is 3.96. The van der Waals surface area contributed by atoms with Gasteiger partial charge in [-0.1, -0.05) is 37.0 Å². The Labute approximate surface area is 113 Å². The zero-order chi connectivity index (χ0) is 13.1. The largest absolute Gasteiger partial charge is 0.450 e. The average molecular weight is 300 g/mol. The van der Waals surface area contributed by atoms with Gasteiger partial charge in [-0.3, -0.25) is 9.24 Å². The highest BCUT2D eigenvalue weighted by Gasteiger charge is 2.23. The molecule has 7 heteroatoms. The summed E-state index contributed by atoms with van der Waals surface area (Å²) in [4.78, 5) is 14.9. The van der Waals surface area contributed by atoms with E-state index < -0.39 is 0 Å². The first-order chi connectivity index (χ1) is 8.63. The van der Waals surface area contributed by atoms with E-state index in [1.807, 2.05) is 39.9 Å². The Hall–Kier alpha value is -0.520. The summed E-state index contributed by atoms with van der Waals surface area (Å²) in [7, 11) is 6.95. The molecule has 0 saturated carbocycles. The zero-order valence-electron chi connectivity index (χ0n) is 9.67. The third-order valence-corrected chi connectivity index (χ3v) is 3.79. The number of rotatable bonds is 4. The summed E-state index contributed by atoms with van der Waals surface area (Å²) in [6.07, 6.45) is 2.52. The summed E-state index contributed by atoms with van der Waals surface area (Å²) in [6, 6.07) is 7.68. The van der Waals surface area contributed by atoms with Crippen LogP contribution in [0.15, 0.2) is 30.5 Å². The molecule has 0 aliphatic heterocycles. The van der Waals surface area contributed by atoms with E-state index in [0.717, 1.165) is 16.5 Å². The Kier molecular flexibility index (Phi) is 4.70. The number of aromatic amines is 1. The second kappa shape index (κ2) is 6.08. The number of nitrogens with zero attached hydrogens (tertiary/aromatic N) is 1. The number of nitrogens with one attached hydrogen (secondary N) is 1. The lowest BCUT2D eigenvalue weighted by molar-refractivity contribution is -0.136. The number of benzene rings is 1. The summed E-state index contributed by atoms with van der Waals surface area (Å²) in [5.74, 6) is -0.282. The van der Waals surface area contributed by atoms with Crippen molar-refractivity contribution in [3.8, 4) is 0 Å². The van der Waals surface area contributed by atoms with E-state index in [1.54, 1.807) is 4.44 Å². The van der Waals surface area contributed by atoms with Crippen LogP contribution in [0.1, 0.15) is 5.56 Å². The summed E-state index contributed by atoms with van der Waals surface area (Å²) in [6.45, 7) is 0. The van der Waals surface area contributed by atoms with Crippen LogP contribution in [-0.2, 0) is 15.7 Å². The van der Waals surface area contributed by atoms with Crippen molar-refractivity contribution >= 4 is 45.1 Å². The van der Waals surface area contributed by atoms with Crippen LogP contribution in [0.5, 0.6) is 0 Å². The lowest BCUT2D eigenvalue weighted by atomic mass is 10.1. The molecule has 4 atom stereocenters. The Balaban J connectivity index is 2.29. The van der Waals surface area contributed by atoms with Gasteiger partial charge in [-0.15, -0.1) is 0 Å². The fourth-order valence-electron chi connectivity index (χ4n) is 1.90. The van der Waals surface area contributed by atoms with Crippen LogP contribution in [0.4, 0.5) is 0 Å². The normalized spacial score (nSPS) is 12.9. The molecule has 0 fully saturated rings. The molecule has 2 rings (SSSR count). The number of carbonyl (C=O) groups excluding carboxylic acids is 1. The Bertz CT molecular complexity index is 556. The topological polar surface area (TPSA) is 45.3 Å². The van der Waals surface area contributed by atoms with Gasteiger partial charge >= 0.3 is 5.97 Å². The van der Waals surface area contributed by atoms with Gasteiger partial charge in [0, 0.05) is 23.5 Å². The number of fused-ring (bicyclic) bond motifs is 1. The van der Waals surface area contributed by atoms with Crippen molar-refractivity contribution in [1.82, 2.24) is 9.42 Å². The van der Waals surface area contributed by atoms with Gasteiger partial charge in [0.2, 0.25) is 0 Å². The highest BCUT2D eigenvalue weighted by Crippen LogP contribution is 2.24. The predicted octanol–water partition coefficient (Wildman–Crippen LogP) is 2.29. The van der Waals surface area contributed by atoms with E-state index in [2.05, 4.69) is 23.8 Å². The van der Waals surface area contributed by atoms with Gasteiger partial charge in [-0.05, 0) is 11.6 Å². The van der Waals surface area contributed by atoms with Crippen LogP contribution in [-0.4, -0.2) is 21.4 Å². The molecular formula is C11H15N2O2P3. The number of para-hydroxylation sites is 1. The first-order valence-electron chi connectivity index (χ1n) is 5.37. The van der Waals surface area contributed by atoms with Gasteiger partial charge in [0.1, 0.15) is 6.04 Å². The molecule has 0 spiro atoms. The average Bonchev–Trinajstić information content (AvgIpc) is 2.78.